The lowest BCUT2D eigenvalue weighted by atomic mass is 10.0. The standard InChI is InChI=1S/C8H17FN2/c1-6(2)11-4-3-8(10)7(9)5-11/h6-8H,3-5,10H2,1-2H3/t7-,8+/m0/s1. The SMILES string of the molecule is CC(C)N1CC[C@@H](N)[C@@H](F)C1. The maximum absolute atomic E-state index is 13.0. The highest BCUT2D eigenvalue weighted by molar-refractivity contribution is 4.83. The average Bonchev–Trinajstić information content (AvgIpc) is 1.94. The molecule has 2 N–H and O–H groups in total. The number of piperidine rings is 1. The Bertz CT molecular complexity index is 127. The largest absolute Gasteiger partial charge is 0.325 e. The zero-order valence-corrected chi connectivity index (χ0v) is 7.26. The second-order valence-corrected chi connectivity index (χ2v) is 3.56. The third-order valence-electron chi connectivity index (χ3n) is 2.35. The third kappa shape index (κ3) is 2.14. The van der Waals surface area contributed by atoms with Crippen LogP contribution in [0.25, 0.3) is 0 Å². The van der Waals surface area contributed by atoms with Crippen molar-refractivity contribution in [3.05, 3.63) is 0 Å². The molecule has 3 heteroatoms. The molecule has 1 aliphatic heterocycles. The van der Waals surface area contributed by atoms with Gasteiger partial charge in [0.05, 0.1) is 0 Å². The summed E-state index contributed by atoms with van der Waals surface area (Å²) in [5.74, 6) is 0. The Labute approximate surface area is 67.6 Å². The fourth-order valence-corrected chi connectivity index (χ4v) is 1.42. The first kappa shape index (κ1) is 8.94. The molecule has 11 heavy (non-hydrogen) atoms. The first-order valence-corrected chi connectivity index (χ1v) is 4.25. The van der Waals surface area contributed by atoms with Gasteiger partial charge in [0, 0.05) is 25.2 Å². The lowest BCUT2D eigenvalue weighted by Gasteiger charge is -2.35. The minimum Gasteiger partial charge on any atom is -0.325 e. The summed E-state index contributed by atoms with van der Waals surface area (Å²) in [5, 5.41) is 0. The van der Waals surface area contributed by atoms with Gasteiger partial charge in [-0.1, -0.05) is 0 Å². The number of hydrogen-bond acceptors (Lipinski definition) is 2. The van der Waals surface area contributed by atoms with E-state index in [1.54, 1.807) is 0 Å². The zero-order chi connectivity index (χ0) is 8.43. The molecule has 0 amide bonds. The average molecular weight is 160 g/mol. The van der Waals surface area contributed by atoms with Gasteiger partial charge in [0.15, 0.2) is 0 Å². The Morgan fingerprint density at radius 3 is 2.64 bits per heavy atom. The summed E-state index contributed by atoms with van der Waals surface area (Å²) in [5.41, 5.74) is 5.54. The summed E-state index contributed by atoms with van der Waals surface area (Å²) in [4.78, 5) is 2.13. The van der Waals surface area contributed by atoms with Gasteiger partial charge in [0.25, 0.3) is 0 Å². The first-order chi connectivity index (χ1) is 5.11. The van der Waals surface area contributed by atoms with Crippen LogP contribution in [-0.2, 0) is 0 Å². The zero-order valence-electron chi connectivity index (χ0n) is 7.26. The summed E-state index contributed by atoms with van der Waals surface area (Å²) in [6, 6.07) is 0.214. The maximum atomic E-state index is 13.0. The summed E-state index contributed by atoms with van der Waals surface area (Å²) in [6.45, 7) is 5.63. The van der Waals surface area contributed by atoms with Gasteiger partial charge in [-0.15, -0.1) is 0 Å². The van der Waals surface area contributed by atoms with Crippen LogP contribution in [-0.4, -0.2) is 36.2 Å². The highest BCUT2D eigenvalue weighted by Gasteiger charge is 2.27. The molecule has 0 saturated carbocycles. The van der Waals surface area contributed by atoms with Gasteiger partial charge in [-0.2, -0.15) is 0 Å². The van der Waals surface area contributed by atoms with Crippen molar-refractivity contribution in [2.75, 3.05) is 13.1 Å². The van der Waals surface area contributed by atoms with E-state index in [-0.39, 0.29) is 6.04 Å². The van der Waals surface area contributed by atoms with E-state index in [2.05, 4.69) is 18.7 Å². The second-order valence-electron chi connectivity index (χ2n) is 3.56. The van der Waals surface area contributed by atoms with E-state index < -0.39 is 6.17 Å². The lowest BCUT2D eigenvalue weighted by Crippen LogP contribution is -2.50. The number of rotatable bonds is 1. The van der Waals surface area contributed by atoms with Gasteiger partial charge in [-0.05, 0) is 20.3 Å². The molecule has 66 valence electrons. The third-order valence-corrected chi connectivity index (χ3v) is 2.35. The quantitative estimate of drug-likeness (QED) is 0.614. The molecule has 0 aliphatic carbocycles. The fraction of sp³-hybridized carbons (Fsp3) is 1.00. The van der Waals surface area contributed by atoms with Crippen LogP contribution < -0.4 is 5.73 Å². The minimum absolute atomic E-state index is 0.231. The Morgan fingerprint density at radius 1 is 1.55 bits per heavy atom. The van der Waals surface area contributed by atoms with Crippen LogP contribution in [0.3, 0.4) is 0 Å². The van der Waals surface area contributed by atoms with E-state index >= 15 is 0 Å². The molecule has 1 aliphatic rings. The molecule has 0 bridgehead atoms. The molecule has 0 aromatic heterocycles. The van der Waals surface area contributed by atoms with E-state index in [4.69, 9.17) is 5.73 Å². The van der Waals surface area contributed by atoms with Crippen LogP contribution in [0.15, 0.2) is 0 Å². The van der Waals surface area contributed by atoms with E-state index in [1.165, 1.54) is 0 Å². The molecule has 1 heterocycles. The molecular formula is C8H17FN2. The van der Waals surface area contributed by atoms with Gasteiger partial charge >= 0.3 is 0 Å². The monoisotopic (exact) mass is 160 g/mol. The van der Waals surface area contributed by atoms with Gasteiger partial charge in [-0.25, -0.2) is 4.39 Å². The van der Waals surface area contributed by atoms with Gasteiger partial charge in [0.1, 0.15) is 6.17 Å². The molecular weight excluding hydrogens is 143 g/mol. The number of halogens is 1. The van der Waals surface area contributed by atoms with Gasteiger partial charge in [-0.3, -0.25) is 4.90 Å². The molecule has 2 atom stereocenters. The molecule has 0 unspecified atom stereocenters. The Morgan fingerprint density at radius 2 is 2.18 bits per heavy atom. The number of nitrogens with two attached hydrogens (primary N) is 1. The van der Waals surface area contributed by atoms with Crippen LogP contribution in [0.1, 0.15) is 20.3 Å². The molecule has 1 saturated heterocycles. The smallest absolute Gasteiger partial charge is 0.128 e. The van der Waals surface area contributed by atoms with Crippen molar-refractivity contribution in [3.63, 3.8) is 0 Å². The molecule has 0 aromatic rings. The second kappa shape index (κ2) is 3.50. The number of nitrogens with zero attached hydrogens (tertiary/aromatic N) is 1. The molecule has 2 nitrogen and oxygen atoms in total. The summed E-state index contributed by atoms with van der Waals surface area (Å²) >= 11 is 0. The Kier molecular flexibility index (Phi) is 2.84. The van der Waals surface area contributed by atoms with Crippen molar-refractivity contribution in [1.82, 2.24) is 4.90 Å². The lowest BCUT2D eigenvalue weighted by molar-refractivity contribution is 0.0959. The molecule has 1 fully saturated rings. The predicted octanol–water partition coefficient (Wildman–Crippen LogP) is 0.766. The van der Waals surface area contributed by atoms with Crippen LogP contribution in [0.5, 0.6) is 0 Å². The van der Waals surface area contributed by atoms with Crippen LogP contribution in [0.2, 0.25) is 0 Å². The molecule has 0 aromatic carbocycles. The van der Waals surface area contributed by atoms with Crippen molar-refractivity contribution < 1.29 is 4.39 Å². The van der Waals surface area contributed by atoms with Crippen LogP contribution in [0.4, 0.5) is 4.39 Å². The fourth-order valence-electron chi connectivity index (χ4n) is 1.42. The van der Waals surface area contributed by atoms with Crippen molar-refractivity contribution >= 4 is 0 Å². The minimum atomic E-state index is -0.828. The normalized spacial score (nSPS) is 34.6. The van der Waals surface area contributed by atoms with Crippen molar-refractivity contribution in [1.29, 1.82) is 0 Å². The predicted molar refractivity (Wildman–Crippen MR) is 44.2 cm³/mol. The van der Waals surface area contributed by atoms with Crippen molar-refractivity contribution in [2.45, 2.75) is 38.5 Å². The van der Waals surface area contributed by atoms with Crippen molar-refractivity contribution in [3.8, 4) is 0 Å². The highest BCUT2D eigenvalue weighted by Crippen LogP contribution is 2.14. The van der Waals surface area contributed by atoms with Gasteiger partial charge < -0.3 is 5.73 Å². The van der Waals surface area contributed by atoms with Gasteiger partial charge in [0.2, 0.25) is 0 Å². The number of alkyl halides is 1. The summed E-state index contributed by atoms with van der Waals surface area (Å²) < 4.78 is 13.0. The van der Waals surface area contributed by atoms with E-state index in [1.807, 2.05) is 0 Å². The van der Waals surface area contributed by atoms with E-state index in [0.29, 0.717) is 12.6 Å². The summed E-state index contributed by atoms with van der Waals surface area (Å²) in [6.07, 6.45) is -0.0366. The van der Waals surface area contributed by atoms with Crippen LogP contribution in [0, 0.1) is 0 Å². The first-order valence-electron chi connectivity index (χ1n) is 4.25. The highest BCUT2D eigenvalue weighted by atomic mass is 19.1. The maximum Gasteiger partial charge on any atom is 0.128 e. The summed E-state index contributed by atoms with van der Waals surface area (Å²) in [7, 11) is 0. The van der Waals surface area contributed by atoms with E-state index in [9.17, 15) is 4.39 Å². The molecule has 0 spiro atoms. The van der Waals surface area contributed by atoms with Crippen molar-refractivity contribution in [2.24, 2.45) is 5.73 Å². The Balaban J connectivity index is 2.40. The molecule has 0 radical (unpaired) electrons. The number of hydrogen-bond donors (Lipinski definition) is 1. The topological polar surface area (TPSA) is 29.3 Å². The molecule has 1 rings (SSSR count). The van der Waals surface area contributed by atoms with Crippen LogP contribution >= 0.6 is 0 Å². The number of likely N-dealkylation sites (tertiary alicyclic amines) is 1. The Hall–Kier alpha value is -0.150. The van der Waals surface area contributed by atoms with E-state index in [0.717, 1.165) is 13.0 Å².